The number of imide groups is 1. The molecule has 1 aliphatic heterocycles. The van der Waals surface area contributed by atoms with Gasteiger partial charge in [0, 0.05) is 5.69 Å². The maximum Gasteiger partial charge on any atom is 0.251 e. The van der Waals surface area contributed by atoms with Crippen molar-refractivity contribution in [2.75, 3.05) is 11.4 Å². The number of hydrogen-bond acceptors (Lipinski definition) is 5. The van der Waals surface area contributed by atoms with Crippen LogP contribution in [0, 0.1) is 11.3 Å². The molecule has 0 spiro atoms. The van der Waals surface area contributed by atoms with Gasteiger partial charge in [0.25, 0.3) is 5.91 Å². The highest BCUT2D eigenvalue weighted by Crippen LogP contribution is 2.31. The number of hydrogen-bond donors (Lipinski definition) is 1. The van der Waals surface area contributed by atoms with E-state index in [0.717, 1.165) is 30.5 Å². The molecule has 6 heteroatoms. The van der Waals surface area contributed by atoms with E-state index in [2.05, 4.69) is 16.4 Å². The number of anilines is 1. The summed E-state index contributed by atoms with van der Waals surface area (Å²) >= 11 is 0. The predicted octanol–water partition coefficient (Wildman–Crippen LogP) is 0.683. The molecule has 108 valence electrons. The smallest absolute Gasteiger partial charge is 0.251 e. The van der Waals surface area contributed by atoms with Crippen molar-refractivity contribution in [3.8, 4) is 6.07 Å². The van der Waals surface area contributed by atoms with Crippen molar-refractivity contribution < 1.29 is 9.59 Å². The van der Waals surface area contributed by atoms with Gasteiger partial charge in [0.2, 0.25) is 5.91 Å². The fourth-order valence-electron chi connectivity index (χ4n) is 2.87. The van der Waals surface area contributed by atoms with E-state index in [4.69, 9.17) is 0 Å². The number of nitriles is 1. The highest BCUT2D eigenvalue weighted by molar-refractivity contribution is 6.06. The number of rotatable bonds is 1. The van der Waals surface area contributed by atoms with E-state index < -0.39 is 5.54 Å². The fraction of sp³-hybridized carbons (Fsp3) is 0.467. The molecule has 1 aromatic heterocycles. The summed E-state index contributed by atoms with van der Waals surface area (Å²) in [5.41, 5.74) is 1.57. The number of carbonyl (C=O) groups excluding carboxylic acids is 2. The Labute approximate surface area is 122 Å². The summed E-state index contributed by atoms with van der Waals surface area (Å²) in [7, 11) is 0. The van der Waals surface area contributed by atoms with Crippen LogP contribution in [0.5, 0.6) is 0 Å². The van der Waals surface area contributed by atoms with Crippen molar-refractivity contribution >= 4 is 17.6 Å². The minimum absolute atomic E-state index is 0.0270. The molecule has 1 fully saturated rings. The van der Waals surface area contributed by atoms with Gasteiger partial charge in [0.15, 0.2) is 0 Å². The summed E-state index contributed by atoms with van der Waals surface area (Å²) in [5, 5.41) is 11.7. The van der Waals surface area contributed by atoms with E-state index in [0.29, 0.717) is 11.4 Å². The Bertz CT molecular complexity index is 688. The molecule has 1 N–H and O–H groups in total. The molecule has 0 bridgehead atoms. The summed E-state index contributed by atoms with van der Waals surface area (Å²) in [6.45, 7) is 3.48. The molecule has 0 unspecified atom stereocenters. The zero-order chi connectivity index (χ0) is 15.2. The van der Waals surface area contributed by atoms with Crippen LogP contribution >= 0.6 is 0 Å². The fourth-order valence-corrected chi connectivity index (χ4v) is 2.87. The number of nitrogens with zero attached hydrogens (tertiary/aromatic N) is 3. The highest BCUT2D eigenvalue weighted by atomic mass is 16.2. The predicted molar refractivity (Wildman–Crippen MR) is 75.6 cm³/mol. The Hall–Kier alpha value is -2.42. The Balaban J connectivity index is 2.13. The normalized spacial score (nSPS) is 20.0. The third-order valence-corrected chi connectivity index (χ3v) is 4.19. The van der Waals surface area contributed by atoms with E-state index in [1.54, 1.807) is 18.7 Å². The van der Waals surface area contributed by atoms with Crippen LogP contribution in [-0.2, 0) is 22.4 Å². The zero-order valence-corrected chi connectivity index (χ0v) is 12.1. The molecular formula is C15H16N4O2. The summed E-state index contributed by atoms with van der Waals surface area (Å²) in [6.07, 6.45) is 2.84. The van der Waals surface area contributed by atoms with Gasteiger partial charge in [-0.1, -0.05) is 0 Å². The van der Waals surface area contributed by atoms with E-state index >= 15 is 0 Å². The molecule has 3 rings (SSSR count). The zero-order valence-electron chi connectivity index (χ0n) is 12.1. The van der Waals surface area contributed by atoms with Crippen molar-refractivity contribution in [2.24, 2.45) is 0 Å². The molecule has 2 aliphatic rings. The van der Waals surface area contributed by atoms with Crippen molar-refractivity contribution in [2.45, 2.75) is 38.6 Å². The first-order valence-electron chi connectivity index (χ1n) is 6.98. The summed E-state index contributed by atoms with van der Waals surface area (Å²) in [6, 6.07) is 3.99. The molecule has 0 saturated carbocycles. The quantitative estimate of drug-likeness (QED) is 0.767. The summed E-state index contributed by atoms with van der Waals surface area (Å²) < 4.78 is 0. The SMILES string of the molecule is CC1(C)C(=O)NC(=O)CN1c1nc2c(cc1C#N)CCC2. The van der Waals surface area contributed by atoms with Gasteiger partial charge in [-0.25, -0.2) is 4.98 Å². The molecule has 0 aromatic carbocycles. The van der Waals surface area contributed by atoms with Gasteiger partial charge in [-0.3, -0.25) is 14.9 Å². The van der Waals surface area contributed by atoms with Crippen LogP contribution in [0.25, 0.3) is 0 Å². The third-order valence-electron chi connectivity index (χ3n) is 4.19. The number of pyridine rings is 1. The van der Waals surface area contributed by atoms with Gasteiger partial charge in [-0.15, -0.1) is 0 Å². The number of aromatic nitrogens is 1. The molecule has 21 heavy (non-hydrogen) atoms. The van der Waals surface area contributed by atoms with Crippen molar-refractivity contribution in [1.29, 1.82) is 5.26 Å². The average Bonchev–Trinajstić information content (AvgIpc) is 2.88. The minimum atomic E-state index is -0.917. The van der Waals surface area contributed by atoms with E-state index in [9.17, 15) is 14.9 Å². The standard InChI is InChI=1S/C15H16N4O2/c1-15(2)14(21)18-12(20)8-19(15)13-10(7-16)6-9-4-3-5-11(9)17-13/h6H,3-5,8H2,1-2H3,(H,18,20,21). The van der Waals surface area contributed by atoms with E-state index in [1.165, 1.54) is 0 Å². The van der Waals surface area contributed by atoms with Gasteiger partial charge in [-0.2, -0.15) is 5.26 Å². The lowest BCUT2D eigenvalue weighted by molar-refractivity contribution is -0.135. The van der Waals surface area contributed by atoms with Crippen LogP contribution in [0.1, 0.15) is 37.1 Å². The maximum absolute atomic E-state index is 12.1. The highest BCUT2D eigenvalue weighted by Gasteiger charge is 2.42. The van der Waals surface area contributed by atoms with Gasteiger partial charge < -0.3 is 4.90 Å². The molecule has 6 nitrogen and oxygen atoms in total. The second kappa shape index (κ2) is 4.55. The molecule has 2 heterocycles. The van der Waals surface area contributed by atoms with Crippen LogP contribution in [-0.4, -0.2) is 28.9 Å². The topological polar surface area (TPSA) is 86.1 Å². The Morgan fingerprint density at radius 3 is 2.86 bits per heavy atom. The lowest BCUT2D eigenvalue weighted by Crippen LogP contribution is -2.64. The lowest BCUT2D eigenvalue weighted by Gasteiger charge is -2.41. The first-order valence-corrected chi connectivity index (χ1v) is 6.98. The van der Waals surface area contributed by atoms with Crippen molar-refractivity contribution in [3.63, 3.8) is 0 Å². The third kappa shape index (κ3) is 2.05. The molecule has 0 radical (unpaired) electrons. The van der Waals surface area contributed by atoms with Crippen LogP contribution < -0.4 is 10.2 Å². The first kappa shape index (κ1) is 13.6. The Morgan fingerprint density at radius 1 is 1.38 bits per heavy atom. The molecule has 1 aromatic rings. The average molecular weight is 284 g/mol. The molecule has 1 saturated heterocycles. The van der Waals surface area contributed by atoms with Crippen LogP contribution in [0.3, 0.4) is 0 Å². The molecule has 1 aliphatic carbocycles. The molecule has 2 amide bonds. The lowest BCUT2D eigenvalue weighted by atomic mass is 9.97. The van der Waals surface area contributed by atoms with Crippen molar-refractivity contribution in [3.05, 3.63) is 22.9 Å². The summed E-state index contributed by atoms with van der Waals surface area (Å²) in [5.74, 6) is -0.304. The number of nitrogens with one attached hydrogen (secondary N) is 1. The van der Waals surface area contributed by atoms with Crippen LogP contribution in [0.15, 0.2) is 6.07 Å². The van der Waals surface area contributed by atoms with Gasteiger partial charge in [-0.05, 0) is 44.7 Å². The molecular weight excluding hydrogens is 268 g/mol. The van der Waals surface area contributed by atoms with Gasteiger partial charge in [0.05, 0.1) is 12.1 Å². The molecule has 0 atom stereocenters. The Morgan fingerprint density at radius 2 is 2.14 bits per heavy atom. The summed E-state index contributed by atoms with van der Waals surface area (Å²) in [4.78, 5) is 30.0. The van der Waals surface area contributed by atoms with Gasteiger partial charge >= 0.3 is 0 Å². The first-order chi connectivity index (χ1) is 9.93. The van der Waals surface area contributed by atoms with E-state index in [1.807, 2.05) is 6.07 Å². The number of fused-ring (bicyclic) bond motifs is 1. The number of piperazine rings is 1. The number of amides is 2. The largest absolute Gasteiger partial charge is 0.332 e. The van der Waals surface area contributed by atoms with Crippen molar-refractivity contribution in [1.82, 2.24) is 10.3 Å². The second-order valence-electron chi connectivity index (χ2n) is 5.95. The van der Waals surface area contributed by atoms with Crippen LogP contribution in [0.2, 0.25) is 0 Å². The van der Waals surface area contributed by atoms with E-state index in [-0.39, 0.29) is 18.4 Å². The monoisotopic (exact) mass is 284 g/mol. The minimum Gasteiger partial charge on any atom is -0.332 e. The second-order valence-corrected chi connectivity index (χ2v) is 5.95. The van der Waals surface area contributed by atoms with Gasteiger partial charge in [0.1, 0.15) is 17.4 Å². The van der Waals surface area contributed by atoms with Crippen LogP contribution in [0.4, 0.5) is 5.82 Å². The Kier molecular flexibility index (Phi) is 2.94. The number of carbonyl (C=O) groups is 2. The maximum atomic E-state index is 12.1. The number of aryl methyl sites for hydroxylation is 2.